The third-order valence-electron chi connectivity index (χ3n) is 5.86. The van der Waals surface area contributed by atoms with E-state index in [1.54, 1.807) is 6.92 Å². The second kappa shape index (κ2) is 8.17. The van der Waals surface area contributed by atoms with E-state index in [-0.39, 0.29) is 23.9 Å². The predicted molar refractivity (Wildman–Crippen MR) is 120 cm³/mol. The van der Waals surface area contributed by atoms with Crippen LogP contribution in [-0.2, 0) is 20.5 Å². The second-order valence-corrected chi connectivity index (χ2v) is 9.47. The highest BCUT2D eigenvalue weighted by Gasteiger charge is 2.49. The van der Waals surface area contributed by atoms with Crippen molar-refractivity contribution in [2.45, 2.75) is 58.5 Å². The van der Waals surface area contributed by atoms with Gasteiger partial charge in [-0.3, -0.25) is 14.5 Å². The van der Waals surface area contributed by atoms with E-state index in [2.05, 4.69) is 43.5 Å². The monoisotopic (exact) mass is 421 g/mol. The molecule has 1 aliphatic heterocycles. The summed E-state index contributed by atoms with van der Waals surface area (Å²) in [5.74, 6) is -0.817. The molecular weight excluding hydrogens is 390 g/mol. The molecule has 1 heterocycles. The zero-order valence-corrected chi connectivity index (χ0v) is 19.1. The Kier molecular flexibility index (Phi) is 5.94. The van der Waals surface area contributed by atoms with Gasteiger partial charge >= 0.3 is 6.03 Å². The fraction of sp³-hybridized carbons (Fsp3) is 0.400. The molecule has 0 aliphatic carbocycles. The van der Waals surface area contributed by atoms with Gasteiger partial charge in [-0.05, 0) is 42.9 Å². The van der Waals surface area contributed by atoms with E-state index >= 15 is 0 Å². The molecule has 0 spiro atoms. The highest BCUT2D eigenvalue weighted by Crippen LogP contribution is 2.29. The SMILES string of the molecule is Cc1ccc(C2(C)NC(=O)N(CC(=O)NC(C)c3ccc(C(C)(C)C)cc3)C2=O)cc1. The van der Waals surface area contributed by atoms with Crippen LogP contribution in [0.4, 0.5) is 4.79 Å². The average Bonchev–Trinajstić information content (AvgIpc) is 2.91. The molecule has 2 aromatic carbocycles. The predicted octanol–water partition coefficient (Wildman–Crippen LogP) is 3.94. The van der Waals surface area contributed by atoms with Crippen molar-refractivity contribution < 1.29 is 14.4 Å². The van der Waals surface area contributed by atoms with Gasteiger partial charge in [0.1, 0.15) is 12.1 Å². The van der Waals surface area contributed by atoms with Gasteiger partial charge in [0.15, 0.2) is 0 Å². The molecule has 0 aromatic heterocycles. The molecule has 6 nitrogen and oxygen atoms in total. The van der Waals surface area contributed by atoms with Crippen molar-refractivity contribution in [2.75, 3.05) is 6.54 Å². The van der Waals surface area contributed by atoms with Crippen LogP contribution >= 0.6 is 0 Å². The smallest absolute Gasteiger partial charge is 0.325 e. The molecule has 2 N–H and O–H groups in total. The Morgan fingerprint density at radius 2 is 1.65 bits per heavy atom. The van der Waals surface area contributed by atoms with Crippen LogP contribution in [0.1, 0.15) is 62.9 Å². The van der Waals surface area contributed by atoms with Crippen LogP contribution in [0.25, 0.3) is 0 Å². The van der Waals surface area contributed by atoms with Gasteiger partial charge in [-0.15, -0.1) is 0 Å². The van der Waals surface area contributed by atoms with Gasteiger partial charge in [0.05, 0.1) is 6.04 Å². The van der Waals surface area contributed by atoms with Crippen LogP contribution < -0.4 is 10.6 Å². The van der Waals surface area contributed by atoms with Gasteiger partial charge in [0.2, 0.25) is 5.91 Å². The molecule has 2 aromatic rings. The van der Waals surface area contributed by atoms with Gasteiger partial charge in [-0.25, -0.2) is 4.79 Å². The fourth-order valence-corrected chi connectivity index (χ4v) is 3.71. The summed E-state index contributed by atoms with van der Waals surface area (Å²) in [4.78, 5) is 39.1. The summed E-state index contributed by atoms with van der Waals surface area (Å²) in [5, 5.41) is 5.62. The Hall–Kier alpha value is -3.15. The molecule has 3 rings (SSSR count). The Bertz CT molecular complexity index is 990. The molecule has 6 heteroatoms. The molecule has 1 aliphatic rings. The number of rotatable bonds is 5. The van der Waals surface area contributed by atoms with Crippen molar-refractivity contribution in [1.29, 1.82) is 0 Å². The summed E-state index contributed by atoms with van der Waals surface area (Å²) in [5.41, 5.74) is 2.79. The number of aryl methyl sites for hydroxylation is 1. The summed E-state index contributed by atoms with van der Waals surface area (Å²) in [6.07, 6.45) is 0. The number of hydrogen-bond acceptors (Lipinski definition) is 3. The van der Waals surface area contributed by atoms with Crippen LogP contribution in [-0.4, -0.2) is 29.3 Å². The standard InChI is InChI=1S/C25H31N3O3/c1-16-7-11-20(12-8-16)25(6)22(30)28(23(31)27-25)15-21(29)26-17(2)18-9-13-19(14-10-18)24(3,4)5/h7-14,17H,15H2,1-6H3,(H,26,29)(H,27,31). The zero-order chi connectivity index (χ0) is 23.0. The minimum absolute atomic E-state index is 0.0542. The third kappa shape index (κ3) is 4.63. The van der Waals surface area contributed by atoms with Crippen molar-refractivity contribution >= 4 is 17.8 Å². The number of imide groups is 1. The maximum Gasteiger partial charge on any atom is 0.325 e. The minimum atomic E-state index is -1.18. The molecule has 31 heavy (non-hydrogen) atoms. The summed E-state index contributed by atoms with van der Waals surface area (Å²) in [6.45, 7) is 11.6. The van der Waals surface area contributed by atoms with E-state index in [0.29, 0.717) is 5.56 Å². The Labute approximate surface area is 184 Å². The topological polar surface area (TPSA) is 78.5 Å². The first kappa shape index (κ1) is 22.5. The first-order chi connectivity index (χ1) is 14.4. The van der Waals surface area contributed by atoms with E-state index in [4.69, 9.17) is 0 Å². The number of hydrogen-bond donors (Lipinski definition) is 2. The summed E-state index contributed by atoms with van der Waals surface area (Å²) in [6, 6.07) is 14.7. The van der Waals surface area contributed by atoms with Crippen LogP contribution in [0, 0.1) is 6.92 Å². The average molecular weight is 422 g/mol. The number of nitrogens with zero attached hydrogens (tertiary/aromatic N) is 1. The van der Waals surface area contributed by atoms with E-state index in [0.717, 1.165) is 16.0 Å². The summed E-state index contributed by atoms with van der Waals surface area (Å²) in [7, 11) is 0. The Morgan fingerprint density at radius 3 is 2.19 bits per heavy atom. The van der Waals surface area contributed by atoms with Crippen LogP contribution in [0.15, 0.2) is 48.5 Å². The van der Waals surface area contributed by atoms with Crippen LogP contribution in [0.3, 0.4) is 0 Å². The van der Waals surface area contributed by atoms with Crippen molar-refractivity contribution in [3.63, 3.8) is 0 Å². The fourth-order valence-electron chi connectivity index (χ4n) is 3.71. The lowest BCUT2D eigenvalue weighted by Gasteiger charge is -2.23. The molecule has 164 valence electrons. The van der Waals surface area contributed by atoms with E-state index < -0.39 is 17.5 Å². The maximum atomic E-state index is 13.0. The molecule has 1 fully saturated rings. The molecule has 4 amide bonds. The number of carbonyl (C=O) groups excluding carboxylic acids is 3. The molecule has 2 unspecified atom stereocenters. The molecule has 0 radical (unpaired) electrons. The number of benzene rings is 2. The highest BCUT2D eigenvalue weighted by molar-refractivity contribution is 6.09. The lowest BCUT2D eigenvalue weighted by Crippen LogP contribution is -2.43. The number of urea groups is 1. The highest BCUT2D eigenvalue weighted by atomic mass is 16.2. The third-order valence-corrected chi connectivity index (χ3v) is 5.86. The van der Waals surface area contributed by atoms with Gasteiger partial charge in [-0.1, -0.05) is 74.9 Å². The zero-order valence-electron chi connectivity index (χ0n) is 19.1. The van der Waals surface area contributed by atoms with Gasteiger partial charge in [0.25, 0.3) is 5.91 Å². The maximum absolute atomic E-state index is 13.0. The van der Waals surface area contributed by atoms with E-state index in [1.165, 1.54) is 5.56 Å². The Balaban J connectivity index is 1.66. The minimum Gasteiger partial charge on any atom is -0.348 e. The van der Waals surface area contributed by atoms with Crippen LogP contribution in [0.5, 0.6) is 0 Å². The first-order valence-corrected chi connectivity index (χ1v) is 10.5. The first-order valence-electron chi connectivity index (χ1n) is 10.5. The number of carbonyl (C=O) groups is 3. The van der Waals surface area contributed by atoms with E-state index in [1.807, 2.05) is 50.2 Å². The van der Waals surface area contributed by atoms with Gasteiger partial charge < -0.3 is 10.6 Å². The molecular formula is C25H31N3O3. The normalized spacial score (nSPS) is 19.9. The summed E-state index contributed by atoms with van der Waals surface area (Å²) < 4.78 is 0. The Morgan fingerprint density at radius 1 is 1.06 bits per heavy atom. The number of amides is 4. The molecule has 0 saturated carbocycles. The van der Waals surface area contributed by atoms with Crippen molar-refractivity contribution in [3.05, 3.63) is 70.8 Å². The lowest BCUT2D eigenvalue weighted by atomic mass is 9.86. The summed E-state index contributed by atoms with van der Waals surface area (Å²) >= 11 is 0. The van der Waals surface area contributed by atoms with Crippen molar-refractivity contribution in [3.8, 4) is 0 Å². The second-order valence-electron chi connectivity index (χ2n) is 9.47. The number of nitrogens with one attached hydrogen (secondary N) is 2. The van der Waals surface area contributed by atoms with E-state index in [9.17, 15) is 14.4 Å². The lowest BCUT2D eigenvalue weighted by molar-refractivity contribution is -0.135. The van der Waals surface area contributed by atoms with Crippen LogP contribution in [0.2, 0.25) is 0 Å². The van der Waals surface area contributed by atoms with Gasteiger partial charge in [-0.2, -0.15) is 0 Å². The molecule has 0 bridgehead atoms. The van der Waals surface area contributed by atoms with Crippen molar-refractivity contribution in [1.82, 2.24) is 15.5 Å². The van der Waals surface area contributed by atoms with Crippen molar-refractivity contribution in [2.24, 2.45) is 0 Å². The quantitative estimate of drug-likeness (QED) is 0.718. The molecule has 2 atom stereocenters. The largest absolute Gasteiger partial charge is 0.348 e. The molecule has 1 saturated heterocycles. The van der Waals surface area contributed by atoms with Gasteiger partial charge in [0, 0.05) is 0 Å².